The number of ether oxygens (including phenoxy) is 1. The first-order chi connectivity index (χ1) is 9.51. The maximum atomic E-state index is 12.3. The van der Waals surface area contributed by atoms with Crippen LogP contribution >= 0.6 is 11.8 Å². The molecule has 0 aliphatic carbocycles. The number of hydrogen-bond acceptors (Lipinski definition) is 3. The van der Waals surface area contributed by atoms with Crippen molar-refractivity contribution >= 4 is 28.5 Å². The third kappa shape index (κ3) is 3.28. The summed E-state index contributed by atoms with van der Waals surface area (Å²) >= 11 is 0.525. The Hall–Kier alpha value is -1.62. The first-order valence-electron chi connectivity index (χ1n) is 6.07. The number of hydrogen-bond donors (Lipinski definition) is 0. The van der Waals surface area contributed by atoms with E-state index in [1.165, 1.54) is 7.11 Å². The van der Waals surface area contributed by atoms with E-state index in [0.717, 1.165) is 16.3 Å². The van der Waals surface area contributed by atoms with Gasteiger partial charge in [0.05, 0.1) is 13.0 Å². The largest absolute Gasteiger partial charge is 0.469 e. The molecule has 2 aromatic carbocycles. The molecule has 0 N–H and O–H groups in total. The molecule has 0 saturated carbocycles. The van der Waals surface area contributed by atoms with Gasteiger partial charge in [-0.05, 0) is 35.4 Å². The number of halogens is 2. The molecule has 1 unspecified atom stereocenters. The number of thioether (sulfide) groups is 1. The number of rotatable bonds is 4. The van der Waals surface area contributed by atoms with Crippen molar-refractivity contribution in [1.29, 1.82) is 0 Å². The lowest BCUT2D eigenvalue weighted by Gasteiger charge is -2.11. The Morgan fingerprint density at radius 2 is 1.80 bits per heavy atom. The van der Waals surface area contributed by atoms with Crippen LogP contribution in [0.2, 0.25) is 0 Å². The maximum absolute atomic E-state index is 12.3. The van der Waals surface area contributed by atoms with Crippen LogP contribution in [0.1, 0.15) is 18.4 Å². The van der Waals surface area contributed by atoms with Gasteiger partial charge in [-0.25, -0.2) is 0 Å². The average molecular weight is 296 g/mol. The van der Waals surface area contributed by atoms with Crippen molar-refractivity contribution in [1.82, 2.24) is 0 Å². The Balaban J connectivity index is 2.34. The van der Waals surface area contributed by atoms with E-state index in [9.17, 15) is 13.6 Å². The fourth-order valence-corrected chi connectivity index (χ4v) is 2.55. The molecule has 5 heteroatoms. The van der Waals surface area contributed by atoms with Crippen molar-refractivity contribution < 1.29 is 18.3 Å². The molecule has 0 aliphatic rings. The number of carbonyl (C=O) groups is 1. The molecule has 2 rings (SSSR count). The van der Waals surface area contributed by atoms with Crippen LogP contribution in [-0.2, 0) is 9.53 Å². The third-order valence-electron chi connectivity index (χ3n) is 3.12. The molecule has 0 heterocycles. The standard InChI is InChI=1S/C15H14F2O2S/c1-9(14(18)19-2)10-3-4-12-8-13(20-15(16)17)6-5-11(12)7-10/h3-9,15H,1-2H3. The SMILES string of the molecule is COC(=O)C(C)c1ccc2cc(SC(F)F)ccc2c1. The van der Waals surface area contributed by atoms with E-state index in [4.69, 9.17) is 4.74 Å². The molecular weight excluding hydrogens is 282 g/mol. The molecule has 2 aromatic rings. The smallest absolute Gasteiger partial charge is 0.312 e. The van der Waals surface area contributed by atoms with E-state index in [0.29, 0.717) is 16.7 Å². The summed E-state index contributed by atoms with van der Waals surface area (Å²) < 4.78 is 29.4. The molecule has 0 aliphatic heterocycles. The van der Waals surface area contributed by atoms with E-state index in [2.05, 4.69) is 0 Å². The first-order valence-corrected chi connectivity index (χ1v) is 6.95. The van der Waals surface area contributed by atoms with Crippen molar-refractivity contribution in [2.75, 3.05) is 7.11 Å². The lowest BCUT2D eigenvalue weighted by molar-refractivity contribution is -0.141. The molecule has 0 radical (unpaired) electrons. The molecule has 106 valence electrons. The number of fused-ring (bicyclic) bond motifs is 1. The Bertz CT molecular complexity index is 628. The highest BCUT2D eigenvalue weighted by Gasteiger charge is 2.15. The van der Waals surface area contributed by atoms with E-state index in [-0.39, 0.29) is 11.9 Å². The minimum absolute atomic E-state index is 0.297. The summed E-state index contributed by atoms with van der Waals surface area (Å²) in [5.41, 5.74) is 0.846. The molecule has 20 heavy (non-hydrogen) atoms. The average Bonchev–Trinajstić information content (AvgIpc) is 2.44. The summed E-state index contributed by atoms with van der Waals surface area (Å²) in [7, 11) is 1.35. The first kappa shape index (κ1) is 14.8. The quantitative estimate of drug-likeness (QED) is 0.616. The van der Waals surface area contributed by atoms with Crippen LogP contribution in [0.3, 0.4) is 0 Å². The zero-order valence-corrected chi connectivity index (χ0v) is 11.9. The molecule has 0 aromatic heterocycles. The Kier molecular flexibility index (Phi) is 4.60. The van der Waals surface area contributed by atoms with Crippen LogP contribution in [0.5, 0.6) is 0 Å². The third-order valence-corrected chi connectivity index (χ3v) is 3.82. The summed E-state index contributed by atoms with van der Waals surface area (Å²) in [6.45, 7) is 1.77. The van der Waals surface area contributed by atoms with Crippen LogP contribution in [0.4, 0.5) is 8.78 Å². The summed E-state index contributed by atoms with van der Waals surface area (Å²) in [6, 6.07) is 10.7. The lowest BCUT2D eigenvalue weighted by atomic mass is 9.98. The normalized spacial score (nSPS) is 12.7. The lowest BCUT2D eigenvalue weighted by Crippen LogP contribution is -2.10. The van der Waals surface area contributed by atoms with Gasteiger partial charge in [0.15, 0.2) is 0 Å². The van der Waals surface area contributed by atoms with Gasteiger partial charge in [0.2, 0.25) is 0 Å². The van der Waals surface area contributed by atoms with Crippen LogP contribution in [0.25, 0.3) is 10.8 Å². The number of carbonyl (C=O) groups excluding carboxylic acids is 1. The predicted octanol–water partition coefficient (Wildman–Crippen LogP) is 4.43. The van der Waals surface area contributed by atoms with Gasteiger partial charge < -0.3 is 4.74 Å². The molecule has 0 amide bonds. The molecule has 1 atom stereocenters. The van der Waals surface area contributed by atoms with Gasteiger partial charge in [0.25, 0.3) is 5.76 Å². The Morgan fingerprint density at radius 3 is 2.45 bits per heavy atom. The zero-order chi connectivity index (χ0) is 14.7. The van der Waals surface area contributed by atoms with Crippen LogP contribution < -0.4 is 0 Å². The second-order valence-electron chi connectivity index (χ2n) is 4.39. The maximum Gasteiger partial charge on any atom is 0.312 e. The molecule has 0 bridgehead atoms. The highest BCUT2D eigenvalue weighted by molar-refractivity contribution is 7.99. The van der Waals surface area contributed by atoms with E-state index < -0.39 is 5.76 Å². The summed E-state index contributed by atoms with van der Waals surface area (Å²) in [4.78, 5) is 12.0. The van der Waals surface area contributed by atoms with Gasteiger partial charge >= 0.3 is 5.97 Å². The summed E-state index contributed by atoms with van der Waals surface area (Å²) in [5, 5.41) is 1.79. The fraction of sp³-hybridized carbons (Fsp3) is 0.267. The van der Waals surface area contributed by atoms with Gasteiger partial charge in [0.1, 0.15) is 0 Å². The Labute approximate surface area is 120 Å². The van der Waals surface area contributed by atoms with Crippen LogP contribution in [0, 0.1) is 0 Å². The number of benzene rings is 2. The van der Waals surface area contributed by atoms with E-state index in [1.54, 1.807) is 25.1 Å². The zero-order valence-electron chi connectivity index (χ0n) is 11.1. The van der Waals surface area contributed by atoms with Crippen molar-refractivity contribution in [2.24, 2.45) is 0 Å². The number of esters is 1. The van der Waals surface area contributed by atoms with Crippen molar-refractivity contribution in [3.63, 3.8) is 0 Å². The molecule has 0 fully saturated rings. The molecular formula is C15H14F2O2S. The van der Waals surface area contributed by atoms with Gasteiger partial charge in [-0.1, -0.05) is 36.0 Å². The minimum atomic E-state index is -2.42. The molecule has 2 nitrogen and oxygen atoms in total. The second-order valence-corrected chi connectivity index (χ2v) is 5.46. The number of alkyl halides is 2. The van der Waals surface area contributed by atoms with E-state index >= 15 is 0 Å². The van der Waals surface area contributed by atoms with Gasteiger partial charge in [0, 0.05) is 4.90 Å². The Morgan fingerprint density at radius 1 is 1.15 bits per heavy atom. The van der Waals surface area contributed by atoms with Crippen LogP contribution in [-0.4, -0.2) is 18.8 Å². The fourth-order valence-electron chi connectivity index (χ4n) is 2.00. The summed E-state index contributed by atoms with van der Waals surface area (Å²) in [5.74, 6) is -3.07. The molecule has 0 saturated heterocycles. The molecule has 0 spiro atoms. The van der Waals surface area contributed by atoms with Gasteiger partial charge in [-0.2, -0.15) is 8.78 Å². The van der Waals surface area contributed by atoms with Crippen LogP contribution in [0.15, 0.2) is 41.3 Å². The summed E-state index contributed by atoms with van der Waals surface area (Å²) in [6.07, 6.45) is 0. The second kappa shape index (κ2) is 6.22. The van der Waals surface area contributed by atoms with Gasteiger partial charge in [-0.3, -0.25) is 4.79 Å². The highest BCUT2D eigenvalue weighted by Crippen LogP contribution is 2.29. The van der Waals surface area contributed by atoms with Crippen molar-refractivity contribution in [3.8, 4) is 0 Å². The van der Waals surface area contributed by atoms with Crippen molar-refractivity contribution in [3.05, 3.63) is 42.0 Å². The topological polar surface area (TPSA) is 26.3 Å². The van der Waals surface area contributed by atoms with E-state index in [1.807, 2.05) is 18.2 Å². The highest BCUT2D eigenvalue weighted by atomic mass is 32.2. The number of methoxy groups -OCH3 is 1. The monoisotopic (exact) mass is 296 g/mol. The van der Waals surface area contributed by atoms with Gasteiger partial charge in [-0.15, -0.1) is 0 Å². The van der Waals surface area contributed by atoms with Crippen molar-refractivity contribution in [2.45, 2.75) is 23.5 Å². The predicted molar refractivity (Wildman–Crippen MR) is 76.2 cm³/mol. The minimum Gasteiger partial charge on any atom is -0.469 e.